The van der Waals surface area contributed by atoms with Crippen molar-refractivity contribution in [3.05, 3.63) is 0 Å². The Labute approximate surface area is 276 Å². The van der Waals surface area contributed by atoms with E-state index in [2.05, 4.69) is 13.8 Å². The topological polar surface area (TPSA) is 111 Å². The fraction of sp³-hybridized carbons (Fsp3) is 0.943. The Balaban J connectivity index is 4.21. The van der Waals surface area contributed by atoms with Crippen LogP contribution in [-0.4, -0.2) is 70.0 Å². The normalized spacial score (nSPS) is 13.8. The highest BCUT2D eigenvalue weighted by atomic mass is 31.2. The number of carbonyl (C=O) groups excluding carboxylic acids is 2. The Kier molecular flexibility index (Phi) is 28.5. The van der Waals surface area contributed by atoms with Gasteiger partial charge in [-0.25, -0.2) is 0 Å². The molecule has 2 atom stereocenters. The molecule has 0 aromatic heterocycles. The second kappa shape index (κ2) is 29.2. The van der Waals surface area contributed by atoms with Crippen LogP contribution in [0.3, 0.4) is 0 Å². The van der Waals surface area contributed by atoms with Gasteiger partial charge in [0.15, 0.2) is 6.10 Å². The van der Waals surface area contributed by atoms with Crippen molar-refractivity contribution in [3.63, 3.8) is 0 Å². The third kappa shape index (κ3) is 32.7. The number of esters is 2. The molecule has 0 rings (SSSR count). The van der Waals surface area contributed by atoms with Gasteiger partial charge in [0, 0.05) is 12.8 Å². The van der Waals surface area contributed by atoms with E-state index < -0.39 is 32.5 Å². The lowest BCUT2D eigenvalue weighted by atomic mass is 10.0. The van der Waals surface area contributed by atoms with Crippen LogP contribution < -0.4 is 4.89 Å². The average molecular weight is 664 g/mol. The van der Waals surface area contributed by atoms with E-state index in [1.165, 1.54) is 89.9 Å². The molecule has 10 heteroatoms. The van der Waals surface area contributed by atoms with Crippen molar-refractivity contribution in [2.75, 3.05) is 47.5 Å². The summed E-state index contributed by atoms with van der Waals surface area (Å²) < 4.78 is 33.4. The zero-order valence-corrected chi connectivity index (χ0v) is 30.7. The minimum Gasteiger partial charge on any atom is -0.756 e. The lowest BCUT2D eigenvalue weighted by Crippen LogP contribution is -2.37. The number of carbonyl (C=O) groups is 2. The summed E-state index contributed by atoms with van der Waals surface area (Å²) in [4.78, 5) is 36.9. The van der Waals surface area contributed by atoms with Gasteiger partial charge in [-0.15, -0.1) is 0 Å². The first-order valence-corrected chi connectivity index (χ1v) is 19.7. The molecule has 0 bridgehead atoms. The first-order chi connectivity index (χ1) is 21.5. The van der Waals surface area contributed by atoms with Crippen molar-refractivity contribution in [3.8, 4) is 0 Å². The van der Waals surface area contributed by atoms with Crippen LogP contribution in [0.2, 0.25) is 0 Å². The molecule has 0 aliphatic carbocycles. The molecule has 0 aromatic carbocycles. The molecule has 0 saturated heterocycles. The van der Waals surface area contributed by atoms with Crippen molar-refractivity contribution >= 4 is 19.8 Å². The number of likely N-dealkylation sites (N-methyl/N-ethyl adjacent to an activating group) is 1. The van der Waals surface area contributed by atoms with Crippen LogP contribution in [-0.2, 0) is 32.7 Å². The highest BCUT2D eigenvalue weighted by Crippen LogP contribution is 2.38. The molecule has 0 amide bonds. The van der Waals surface area contributed by atoms with E-state index in [1.807, 2.05) is 21.1 Å². The van der Waals surface area contributed by atoms with E-state index in [1.54, 1.807) is 0 Å². The maximum Gasteiger partial charge on any atom is 0.306 e. The zero-order chi connectivity index (χ0) is 33.7. The van der Waals surface area contributed by atoms with E-state index >= 15 is 0 Å². The highest BCUT2D eigenvalue weighted by Gasteiger charge is 2.21. The van der Waals surface area contributed by atoms with Gasteiger partial charge in [-0.05, 0) is 12.8 Å². The number of hydrogen-bond donors (Lipinski definition) is 0. The van der Waals surface area contributed by atoms with Gasteiger partial charge in [0.2, 0.25) is 0 Å². The minimum atomic E-state index is -4.60. The van der Waals surface area contributed by atoms with Crippen molar-refractivity contribution in [1.82, 2.24) is 0 Å². The van der Waals surface area contributed by atoms with E-state index in [0.717, 1.165) is 38.5 Å². The maximum atomic E-state index is 12.5. The summed E-state index contributed by atoms with van der Waals surface area (Å²) in [5.41, 5.74) is 0. The Morgan fingerprint density at radius 2 is 1.00 bits per heavy atom. The van der Waals surface area contributed by atoms with Crippen LogP contribution >= 0.6 is 7.82 Å². The van der Waals surface area contributed by atoms with Crippen molar-refractivity contribution in [2.24, 2.45) is 0 Å². The van der Waals surface area contributed by atoms with Crippen molar-refractivity contribution in [2.45, 2.75) is 168 Å². The van der Waals surface area contributed by atoms with Gasteiger partial charge in [0.25, 0.3) is 7.82 Å². The molecular formula is C35H70NO8P. The number of ether oxygens (including phenoxy) is 2. The van der Waals surface area contributed by atoms with Crippen LogP contribution in [0, 0.1) is 0 Å². The molecule has 0 aliphatic heterocycles. The fourth-order valence-corrected chi connectivity index (χ4v) is 5.68. The Morgan fingerprint density at radius 3 is 1.44 bits per heavy atom. The van der Waals surface area contributed by atoms with Gasteiger partial charge >= 0.3 is 11.9 Å². The lowest BCUT2D eigenvalue weighted by molar-refractivity contribution is -0.870. The summed E-state index contributed by atoms with van der Waals surface area (Å²) in [6, 6.07) is 0. The van der Waals surface area contributed by atoms with Crippen LogP contribution in [0.5, 0.6) is 0 Å². The van der Waals surface area contributed by atoms with Crippen LogP contribution in [0.1, 0.15) is 162 Å². The smallest absolute Gasteiger partial charge is 0.306 e. The third-order valence-electron chi connectivity index (χ3n) is 7.88. The van der Waals surface area contributed by atoms with Crippen LogP contribution in [0.25, 0.3) is 0 Å². The van der Waals surface area contributed by atoms with Gasteiger partial charge in [-0.3, -0.25) is 14.2 Å². The number of phosphoric ester groups is 1. The summed E-state index contributed by atoms with van der Waals surface area (Å²) in [5, 5.41) is 0. The Bertz CT molecular complexity index is 758. The molecule has 0 radical (unpaired) electrons. The highest BCUT2D eigenvalue weighted by molar-refractivity contribution is 7.45. The Hall–Kier alpha value is -0.990. The lowest BCUT2D eigenvalue weighted by Gasteiger charge is -2.28. The fourth-order valence-electron chi connectivity index (χ4n) is 4.95. The molecule has 9 nitrogen and oxygen atoms in total. The molecule has 0 N–H and O–H groups in total. The summed E-state index contributed by atoms with van der Waals surface area (Å²) in [5.74, 6) is -0.847. The second-order valence-electron chi connectivity index (χ2n) is 13.6. The van der Waals surface area contributed by atoms with E-state index in [0.29, 0.717) is 17.4 Å². The quantitative estimate of drug-likeness (QED) is 0.0297. The van der Waals surface area contributed by atoms with Crippen molar-refractivity contribution in [1.29, 1.82) is 0 Å². The number of phosphoric acid groups is 1. The molecule has 0 spiro atoms. The summed E-state index contributed by atoms with van der Waals surface area (Å²) in [6.07, 6.45) is 24.7. The van der Waals surface area contributed by atoms with Crippen molar-refractivity contribution < 1.29 is 42.1 Å². The van der Waals surface area contributed by atoms with Gasteiger partial charge in [-0.1, -0.05) is 136 Å². The molecule has 45 heavy (non-hydrogen) atoms. The number of rotatable bonds is 33. The van der Waals surface area contributed by atoms with Gasteiger partial charge in [0.05, 0.1) is 27.7 Å². The Morgan fingerprint density at radius 1 is 0.600 bits per heavy atom. The molecule has 0 fully saturated rings. The maximum absolute atomic E-state index is 12.5. The molecule has 268 valence electrons. The van der Waals surface area contributed by atoms with E-state index in [4.69, 9.17) is 18.5 Å². The van der Waals surface area contributed by atoms with E-state index in [9.17, 15) is 19.0 Å². The van der Waals surface area contributed by atoms with Crippen LogP contribution in [0.4, 0.5) is 0 Å². The monoisotopic (exact) mass is 663 g/mol. The molecule has 0 saturated carbocycles. The number of unbranched alkanes of at least 4 members (excludes halogenated alkanes) is 19. The molecule has 0 heterocycles. The van der Waals surface area contributed by atoms with Gasteiger partial charge in [0.1, 0.15) is 19.8 Å². The largest absolute Gasteiger partial charge is 0.756 e. The van der Waals surface area contributed by atoms with E-state index in [-0.39, 0.29) is 26.1 Å². The predicted molar refractivity (Wildman–Crippen MR) is 181 cm³/mol. The molecule has 2 unspecified atom stereocenters. The SMILES string of the molecule is CCCCCCCCCCCCCCCCCCCC(=O)OC(COC(=O)CCCCCC)COP(=O)([O-])OCC[N+](C)(C)C. The third-order valence-corrected chi connectivity index (χ3v) is 8.84. The second-order valence-corrected chi connectivity index (χ2v) is 15.0. The predicted octanol–water partition coefficient (Wildman–Crippen LogP) is 8.66. The molecule has 0 aromatic rings. The van der Waals surface area contributed by atoms with Gasteiger partial charge < -0.3 is 27.9 Å². The summed E-state index contributed by atoms with van der Waals surface area (Å²) in [6.45, 7) is 4.10. The number of quaternary nitrogens is 1. The summed E-state index contributed by atoms with van der Waals surface area (Å²) in [7, 11) is 1.17. The van der Waals surface area contributed by atoms with Crippen LogP contribution in [0.15, 0.2) is 0 Å². The average Bonchev–Trinajstić information content (AvgIpc) is 2.97. The minimum absolute atomic E-state index is 0.0270. The zero-order valence-electron chi connectivity index (χ0n) is 29.8. The number of hydrogen-bond acceptors (Lipinski definition) is 8. The van der Waals surface area contributed by atoms with Gasteiger partial charge in [-0.2, -0.15) is 0 Å². The standard InChI is InChI=1S/C35H70NO8P/c1-6-8-10-12-13-14-15-16-17-18-19-20-21-22-23-24-26-28-35(38)44-33(31-41-34(37)27-25-11-9-7-2)32-43-45(39,40)42-30-29-36(3,4)5/h33H,6-32H2,1-5H3. The summed E-state index contributed by atoms with van der Waals surface area (Å²) >= 11 is 0. The first-order valence-electron chi connectivity index (χ1n) is 18.2. The molecule has 0 aliphatic rings. The first kappa shape index (κ1) is 44.0. The molecular weight excluding hydrogens is 593 g/mol. The number of nitrogens with zero attached hydrogens (tertiary/aromatic N) is 1.